The molecule has 20 nitrogen and oxygen atoms in total. The molecule has 0 aromatic heterocycles. The molecule has 0 saturated heterocycles. The first-order valence-electron chi connectivity index (χ1n) is 35.8. The molecule has 1 aromatic carbocycles. The molecule has 2 atom stereocenters. The van der Waals surface area contributed by atoms with Crippen LogP contribution in [0.1, 0.15) is 313 Å². The molecule has 0 N–H and O–H groups in total. The largest absolute Gasteiger partial charge is 0.466 e. The van der Waals surface area contributed by atoms with E-state index in [4.69, 9.17) is 47.4 Å². The van der Waals surface area contributed by atoms with E-state index in [-0.39, 0.29) is 105 Å². The molecule has 1 aromatic rings. The second-order valence-electron chi connectivity index (χ2n) is 24.2. The average Bonchev–Trinajstić information content (AvgIpc) is 1.83. The Bertz CT molecular complexity index is 2140. The minimum absolute atomic E-state index is 0.156. The summed E-state index contributed by atoms with van der Waals surface area (Å²) in [4.78, 5) is 121. The van der Waals surface area contributed by atoms with E-state index in [0.29, 0.717) is 211 Å². The second-order valence-corrected chi connectivity index (χ2v) is 24.2. The van der Waals surface area contributed by atoms with Crippen LogP contribution < -0.4 is 0 Å². The van der Waals surface area contributed by atoms with Crippen molar-refractivity contribution in [1.29, 1.82) is 0 Å². The van der Waals surface area contributed by atoms with Gasteiger partial charge in [-0.3, -0.25) is 43.2 Å². The third kappa shape index (κ3) is 53.9. The van der Waals surface area contributed by atoms with Gasteiger partial charge < -0.3 is 47.4 Å². The molecule has 0 aliphatic rings. The highest BCUT2D eigenvalue weighted by Gasteiger charge is 2.14. The van der Waals surface area contributed by atoms with E-state index in [9.17, 15) is 47.9 Å². The van der Waals surface area contributed by atoms with Crippen molar-refractivity contribution in [3.8, 4) is 0 Å². The summed E-state index contributed by atoms with van der Waals surface area (Å²) < 4.78 is 53.2. The molecule has 0 aliphatic heterocycles. The molecule has 0 bridgehead atoms. The zero-order valence-corrected chi connectivity index (χ0v) is 57.7. The number of hydrogen-bond donors (Lipinski definition) is 0. The molecule has 0 radical (unpaired) electrons. The van der Waals surface area contributed by atoms with Gasteiger partial charge in [-0.2, -0.15) is 0 Å². The summed E-state index contributed by atoms with van der Waals surface area (Å²) >= 11 is 0. The van der Waals surface area contributed by atoms with Crippen molar-refractivity contribution in [3.05, 3.63) is 35.4 Å². The van der Waals surface area contributed by atoms with E-state index in [0.717, 1.165) is 89.9 Å². The van der Waals surface area contributed by atoms with Gasteiger partial charge in [0.1, 0.15) is 0 Å². The number of hydrogen-bond acceptors (Lipinski definition) is 20. The molecule has 2 unspecified atom stereocenters. The highest BCUT2D eigenvalue weighted by molar-refractivity contribution is 5.89. The average molecular weight is 1320 g/mol. The van der Waals surface area contributed by atoms with Gasteiger partial charge in [-0.1, -0.05) is 59.1 Å². The summed E-state index contributed by atoms with van der Waals surface area (Å²) in [6.07, 6.45) is 26.7. The van der Waals surface area contributed by atoms with E-state index in [1.54, 1.807) is 12.1 Å². The van der Waals surface area contributed by atoms with Crippen molar-refractivity contribution in [2.24, 2.45) is 5.92 Å². The number of ether oxygens (including phenoxy) is 10. The molecule has 0 spiro atoms. The Morgan fingerprint density at radius 1 is 0.280 bits per heavy atom. The summed E-state index contributed by atoms with van der Waals surface area (Å²) in [5.74, 6) is -1.74. The van der Waals surface area contributed by atoms with Crippen LogP contribution in [0.2, 0.25) is 0 Å². The lowest BCUT2D eigenvalue weighted by Gasteiger charge is -2.14. The summed E-state index contributed by atoms with van der Waals surface area (Å²) in [6, 6.07) is 7.54. The van der Waals surface area contributed by atoms with Gasteiger partial charge in [0.05, 0.1) is 71.6 Å². The summed E-state index contributed by atoms with van der Waals surface area (Å²) in [5.41, 5.74) is 1.74. The number of unbranched alkanes of at least 4 members (excludes halogenated alkanes) is 19. The summed E-state index contributed by atoms with van der Waals surface area (Å²) in [5, 5.41) is 0. The van der Waals surface area contributed by atoms with Crippen molar-refractivity contribution in [2.75, 3.05) is 66.1 Å². The third-order valence-electron chi connectivity index (χ3n) is 15.9. The third-order valence-corrected chi connectivity index (χ3v) is 15.9. The standard InChI is InChI=1S/C73H120O20/c1-5-8-36-61(7-3)59-93-72(82)45-26-16-34-57-91-70(80)43-24-14-32-55-89-68(78)41-22-12-30-53-87-66(76)39-20-10-28-51-85-64(74)37-18-9-27-50-84-65(75)38-19-11-29-52-86-67(77)40-21-13-31-54-88-69(79)42-23-15-33-56-90-71(81)44-25-17-35-58-92-73(83)63-48-46-62(47-49-63)60(4)6-2/h46-49,60-61H,5-45,50-59H2,1-4H3. The molecule has 0 amide bonds. The van der Waals surface area contributed by atoms with Crippen LogP contribution >= 0.6 is 0 Å². The van der Waals surface area contributed by atoms with Crippen LogP contribution in [0.5, 0.6) is 0 Å². The monoisotopic (exact) mass is 1320 g/mol. The minimum atomic E-state index is -0.338. The Morgan fingerprint density at radius 3 is 0.742 bits per heavy atom. The minimum Gasteiger partial charge on any atom is -0.466 e. The van der Waals surface area contributed by atoms with Crippen LogP contribution in [0.4, 0.5) is 0 Å². The molecular weight excluding hydrogens is 1200 g/mol. The fraction of sp³-hybridized carbons (Fsp3) is 0.781. The smallest absolute Gasteiger partial charge is 0.338 e. The van der Waals surface area contributed by atoms with Crippen molar-refractivity contribution < 1.29 is 95.3 Å². The lowest BCUT2D eigenvalue weighted by atomic mass is 9.98. The van der Waals surface area contributed by atoms with Crippen molar-refractivity contribution >= 4 is 59.7 Å². The van der Waals surface area contributed by atoms with Gasteiger partial charge in [-0.15, -0.1) is 0 Å². The molecule has 0 aliphatic carbocycles. The lowest BCUT2D eigenvalue weighted by Crippen LogP contribution is -2.13. The molecule has 532 valence electrons. The predicted octanol–water partition coefficient (Wildman–Crippen LogP) is 15.5. The normalized spacial score (nSPS) is 11.6. The topological polar surface area (TPSA) is 263 Å². The first kappa shape index (κ1) is 84.9. The maximum absolute atomic E-state index is 12.3. The molecule has 0 heterocycles. The Balaban J connectivity index is 1.82. The van der Waals surface area contributed by atoms with Crippen LogP contribution in [0.15, 0.2) is 24.3 Å². The van der Waals surface area contributed by atoms with Crippen molar-refractivity contribution in [1.82, 2.24) is 0 Å². The van der Waals surface area contributed by atoms with Crippen molar-refractivity contribution in [3.63, 3.8) is 0 Å². The second kappa shape index (κ2) is 60.8. The highest BCUT2D eigenvalue weighted by Crippen LogP contribution is 2.20. The van der Waals surface area contributed by atoms with E-state index in [1.807, 2.05) is 12.1 Å². The van der Waals surface area contributed by atoms with Crippen LogP contribution in [0, 0.1) is 5.92 Å². The fourth-order valence-electron chi connectivity index (χ4n) is 9.61. The van der Waals surface area contributed by atoms with Gasteiger partial charge in [-0.25, -0.2) is 4.79 Å². The SMILES string of the molecule is CCCCC(CC)COC(=O)CCCCCOC(=O)CCCCCOC(=O)CCCCCOC(=O)CCCCCOC(=O)CCCCCOC(=O)CCCCCOC(=O)CCCCCOC(=O)CCCCCOC(=O)CCCCCOC(=O)c1ccc(C(C)CC)cc1. The zero-order chi connectivity index (χ0) is 68.0. The van der Waals surface area contributed by atoms with E-state index < -0.39 is 0 Å². The molecule has 0 fully saturated rings. The van der Waals surface area contributed by atoms with Gasteiger partial charge in [0.15, 0.2) is 0 Å². The zero-order valence-electron chi connectivity index (χ0n) is 57.7. The molecule has 93 heavy (non-hydrogen) atoms. The van der Waals surface area contributed by atoms with Gasteiger partial charge in [0, 0.05) is 57.8 Å². The molecule has 1 rings (SSSR count). The number of benzene rings is 1. The Hall–Kier alpha value is -6.08. The van der Waals surface area contributed by atoms with Crippen LogP contribution in [-0.4, -0.2) is 126 Å². The Morgan fingerprint density at radius 2 is 0.516 bits per heavy atom. The first-order chi connectivity index (χ1) is 45.2. The highest BCUT2D eigenvalue weighted by atomic mass is 16.6. The maximum Gasteiger partial charge on any atom is 0.338 e. The number of carbonyl (C=O) groups is 10. The van der Waals surface area contributed by atoms with Crippen molar-refractivity contribution in [2.45, 2.75) is 297 Å². The van der Waals surface area contributed by atoms with E-state index in [1.165, 1.54) is 5.56 Å². The summed E-state index contributed by atoms with van der Waals surface area (Å²) in [6.45, 7) is 11.8. The van der Waals surface area contributed by atoms with Crippen LogP contribution in [-0.2, 0) is 90.5 Å². The molecule has 20 heteroatoms. The van der Waals surface area contributed by atoms with Gasteiger partial charge in [0.25, 0.3) is 0 Å². The number of esters is 10. The Labute approximate surface area is 557 Å². The van der Waals surface area contributed by atoms with E-state index >= 15 is 0 Å². The lowest BCUT2D eigenvalue weighted by molar-refractivity contribution is -0.146. The number of rotatable bonds is 63. The van der Waals surface area contributed by atoms with Gasteiger partial charge >= 0.3 is 59.7 Å². The van der Waals surface area contributed by atoms with Crippen LogP contribution in [0.3, 0.4) is 0 Å². The van der Waals surface area contributed by atoms with Gasteiger partial charge in [-0.05, 0) is 216 Å². The van der Waals surface area contributed by atoms with Crippen LogP contribution in [0.25, 0.3) is 0 Å². The maximum atomic E-state index is 12.3. The number of carbonyl (C=O) groups excluding carboxylic acids is 10. The molecule has 0 saturated carbocycles. The fourth-order valence-corrected chi connectivity index (χ4v) is 9.61. The quantitative estimate of drug-likeness (QED) is 0.0333. The van der Waals surface area contributed by atoms with E-state index in [2.05, 4.69) is 27.7 Å². The Kier molecular flexibility index (Phi) is 55.6. The summed E-state index contributed by atoms with van der Waals surface area (Å²) in [7, 11) is 0. The van der Waals surface area contributed by atoms with Gasteiger partial charge in [0.2, 0.25) is 0 Å². The molecular formula is C73H120O20. The predicted molar refractivity (Wildman–Crippen MR) is 354 cm³/mol. The first-order valence-corrected chi connectivity index (χ1v) is 35.8.